The average Bonchev–Trinajstić information content (AvgIpc) is 2.31. The molecule has 0 saturated carbocycles. The zero-order valence-electron chi connectivity index (χ0n) is 10.4. The molecule has 0 radical (unpaired) electrons. The van der Waals surface area contributed by atoms with Gasteiger partial charge in [-0.15, -0.1) is 0 Å². The van der Waals surface area contributed by atoms with Crippen LogP contribution in [0.15, 0.2) is 24.3 Å². The Labute approximate surface area is 115 Å². The molecule has 1 heterocycles. The van der Waals surface area contributed by atoms with Gasteiger partial charge in [0.25, 0.3) is 5.91 Å². The summed E-state index contributed by atoms with van der Waals surface area (Å²) in [7, 11) is 0. The number of halogens is 1. The first-order valence-electron chi connectivity index (χ1n) is 5.58. The minimum Gasteiger partial charge on any atom is -0.508 e. The van der Waals surface area contributed by atoms with Gasteiger partial charge in [-0.2, -0.15) is 0 Å². The number of amides is 1. The molecule has 2 N–H and O–H groups in total. The summed E-state index contributed by atoms with van der Waals surface area (Å²) in [5, 5.41) is 12.4. The summed E-state index contributed by atoms with van der Waals surface area (Å²) in [6, 6.07) is 6.33. The minimum absolute atomic E-state index is 0.0656. The van der Waals surface area contributed by atoms with Gasteiger partial charge in [0.1, 0.15) is 10.9 Å². The summed E-state index contributed by atoms with van der Waals surface area (Å²) in [6.07, 6.45) is 0. The second kappa shape index (κ2) is 5.24. The van der Waals surface area contributed by atoms with Gasteiger partial charge in [-0.1, -0.05) is 17.7 Å². The largest absolute Gasteiger partial charge is 0.508 e. The molecule has 0 atom stereocenters. The van der Waals surface area contributed by atoms with Crippen LogP contribution in [-0.4, -0.2) is 21.0 Å². The Morgan fingerprint density at radius 3 is 2.74 bits per heavy atom. The number of aryl methyl sites for hydroxylation is 1. The molecule has 0 bridgehead atoms. The van der Waals surface area contributed by atoms with Gasteiger partial charge in [0.05, 0.1) is 0 Å². The smallest absolute Gasteiger partial charge is 0.258 e. The molecule has 98 valence electrons. The zero-order valence-corrected chi connectivity index (χ0v) is 11.2. The summed E-state index contributed by atoms with van der Waals surface area (Å²) in [5.74, 6) is -0.191. The van der Waals surface area contributed by atoms with Crippen LogP contribution in [0.1, 0.15) is 21.6 Å². The van der Waals surface area contributed by atoms with E-state index in [0.29, 0.717) is 16.8 Å². The third kappa shape index (κ3) is 3.00. The molecule has 5 nitrogen and oxygen atoms in total. The lowest BCUT2D eigenvalue weighted by Gasteiger charge is -2.08. The highest BCUT2D eigenvalue weighted by molar-refractivity contribution is 6.29. The first-order valence-corrected chi connectivity index (χ1v) is 5.96. The third-order valence-corrected chi connectivity index (χ3v) is 2.79. The van der Waals surface area contributed by atoms with Crippen LogP contribution in [0.2, 0.25) is 5.15 Å². The van der Waals surface area contributed by atoms with Crippen LogP contribution < -0.4 is 5.32 Å². The van der Waals surface area contributed by atoms with E-state index in [-0.39, 0.29) is 16.9 Å². The molecule has 2 aromatic rings. The number of aromatic nitrogens is 2. The quantitative estimate of drug-likeness (QED) is 0.828. The van der Waals surface area contributed by atoms with Gasteiger partial charge in [0, 0.05) is 16.8 Å². The van der Waals surface area contributed by atoms with E-state index in [2.05, 4.69) is 15.3 Å². The van der Waals surface area contributed by atoms with E-state index in [1.165, 1.54) is 6.07 Å². The molecule has 0 spiro atoms. The molecule has 0 aliphatic heterocycles. The van der Waals surface area contributed by atoms with Crippen LogP contribution in [0.5, 0.6) is 5.75 Å². The Morgan fingerprint density at radius 1 is 1.32 bits per heavy atom. The van der Waals surface area contributed by atoms with Crippen molar-refractivity contribution in [2.75, 3.05) is 5.32 Å². The summed E-state index contributed by atoms with van der Waals surface area (Å²) in [6.45, 7) is 3.41. The van der Waals surface area contributed by atoms with Crippen molar-refractivity contribution >= 4 is 23.5 Å². The predicted molar refractivity (Wildman–Crippen MR) is 72.6 cm³/mol. The van der Waals surface area contributed by atoms with E-state index in [0.717, 1.165) is 0 Å². The average molecular weight is 278 g/mol. The lowest BCUT2D eigenvalue weighted by molar-refractivity contribution is 0.102. The monoisotopic (exact) mass is 277 g/mol. The van der Waals surface area contributed by atoms with Crippen LogP contribution in [0.4, 0.5) is 5.95 Å². The number of phenolic OH excluding ortho intramolecular Hbond substituents is 1. The number of benzene rings is 1. The van der Waals surface area contributed by atoms with Crippen LogP contribution in [-0.2, 0) is 0 Å². The molecule has 1 amide bonds. The zero-order chi connectivity index (χ0) is 14.0. The van der Waals surface area contributed by atoms with Crippen molar-refractivity contribution in [1.29, 1.82) is 0 Å². The second-order valence-electron chi connectivity index (χ2n) is 4.06. The van der Waals surface area contributed by atoms with Gasteiger partial charge >= 0.3 is 0 Å². The van der Waals surface area contributed by atoms with E-state index in [4.69, 9.17) is 11.6 Å². The Morgan fingerprint density at radius 2 is 2.05 bits per heavy atom. The second-order valence-corrected chi connectivity index (χ2v) is 4.45. The predicted octanol–water partition coefficient (Wildman–Crippen LogP) is 2.70. The fourth-order valence-electron chi connectivity index (χ4n) is 1.62. The summed E-state index contributed by atoms with van der Waals surface area (Å²) in [5.41, 5.74) is 1.52. The molecule has 0 aliphatic rings. The molecule has 0 aliphatic carbocycles. The number of nitrogens with zero attached hydrogens (tertiary/aromatic N) is 2. The van der Waals surface area contributed by atoms with E-state index in [1.807, 2.05) is 0 Å². The van der Waals surface area contributed by atoms with Gasteiger partial charge in [0.15, 0.2) is 0 Å². The van der Waals surface area contributed by atoms with Crippen LogP contribution in [0, 0.1) is 13.8 Å². The topological polar surface area (TPSA) is 75.1 Å². The normalized spacial score (nSPS) is 10.3. The molecule has 2 rings (SSSR count). The lowest BCUT2D eigenvalue weighted by Crippen LogP contribution is -2.15. The maximum absolute atomic E-state index is 12.1. The standard InChI is InChI=1S/C13H12ClN3O2/c1-7-6-11(14)16-13(15-7)17-12(19)9-4-3-5-10(18)8(9)2/h3-6,18H,1-2H3,(H,15,16,17,19). The third-order valence-electron chi connectivity index (χ3n) is 2.60. The highest BCUT2D eigenvalue weighted by Crippen LogP contribution is 2.20. The van der Waals surface area contributed by atoms with Crippen molar-refractivity contribution in [2.45, 2.75) is 13.8 Å². The fraction of sp³-hybridized carbons (Fsp3) is 0.154. The molecule has 6 heteroatoms. The highest BCUT2D eigenvalue weighted by atomic mass is 35.5. The van der Waals surface area contributed by atoms with E-state index in [1.54, 1.807) is 32.0 Å². The number of nitrogens with one attached hydrogen (secondary N) is 1. The number of anilines is 1. The summed E-state index contributed by atoms with van der Waals surface area (Å²) in [4.78, 5) is 20.0. The molecular formula is C13H12ClN3O2. The minimum atomic E-state index is -0.393. The molecule has 0 fully saturated rings. The van der Waals surface area contributed by atoms with Crippen LogP contribution >= 0.6 is 11.6 Å². The molecule has 0 saturated heterocycles. The molecule has 19 heavy (non-hydrogen) atoms. The lowest BCUT2D eigenvalue weighted by atomic mass is 10.1. The van der Waals surface area contributed by atoms with E-state index < -0.39 is 5.91 Å². The number of carbonyl (C=O) groups excluding carboxylic acids is 1. The van der Waals surface area contributed by atoms with Crippen molar-refractivity contribution in [2.24, 2.45) is 0 Å². The maximum Gasteiger partial charge on any atom is 0.258 e. The Bertz CT molecular complexity index is 624. The van der Waals surface area contributed by atoms with Crippen molar-refractivity contribution < 1.29 is 9.90 Å². The van der Waals surface area contributed by atoms with Gasteiger partial charge in [0.2, 0.25) is 5.95 Å². The van der Waals surface area contributed by atoms with Gasteiger partial charge in [-0.25, -0.2) is 9.97 Å². The Balaban J connectivity index is 2.28. The first kappa shape index (κ1) is 13.3. The SMILES string of the molecule is Cc1cc(Cl)nc(NC(=O)c2cccc(O)c2C)n1. The van der Waals surface area contributed by atoms with E-state index >= 15 is 0 Å². The van der Waals surface area contributed by atoms with Crippen LogP contribution in [0.25, 0.3) is 0 Å². The fourth-order valence-corrected chi connectivity index (χ4v) is 1.86. The van der Waals surface area contributed by atoms with Gasteiger partial charge in [-0.05, 0) is 32.0 Å². The maximum atomic E-state index is 12.1. The highest BCUT2D eigenvalue weighted by Gasteiger charge is 2.13. The van der Waals surface area contributed by atoms with Crippen molar-refractivity contribution in [3.8, 4) is 5.75 Å². The summed E-state index contributed by atoms with van der Waals surface area (Å²) < 4.78 is 0. The molecule has 0 unspecified atom stereocenters. The van der Waals surface area contributed by atoms with Gasteiger partial charge in [-0.3, -0.25) is 10.1 Å². The van der Waals surface area contributed by atoms with Crippen LogP contribution in [0.3, 0.4) is 0 Å². The van der Waals surface area contributed by atoms with E-state index in [9.17, 15) is 9.90 Å². The number of hydrogen-bond acceptors (Lipinski definition) is 4. The van der Waals surface area contributed by atoms with Crippen molar-refractivity contribution in [3.63, 3.8) is 0 Å². The van der Waals surface area contributed by atoms with Crippen molar-refractivity contribution in [3.05, 3.63) is 46.2 Å². The van der Waals surface area contributed by atoms with Gasteiger partial charge < -0.3 is 5.11 Å². The number of carbonyl (C=O) groups is 1. The molecular weight excluding hydrogens is 266 g/mol. The number of aromatic hydroxyl groups is 1. The van der Waals surface area contributed by atoms with Crippen molar-refractivity contribution in [1.82, 2.24) is 9.97 Å². The number of hydrogen-bond donors (Lipinski definition) is 2. The molecule has 1 aromatic carbocycles. The molecule has 1 aromatic heterocycles. The first-order chi connectivity index (χ1) is 8.97. The Kier molecular flexibility index (Phi) is 3.66. The Hall–Kier alpha value is -2.14. The number of rotatable bonds is 2. The summed E-state index contributed by atoms with van der Waals surface area (Å²) >= 11 is 5.79. The number of phenols is 1.